The molecule has 1 aromatic heterocycles. The molecule has 1 heterocycles. The minimum absolute atomic E-state index is 0.0194. The van der Waals surface area contributed by atoms with Crippen molar-refractivity contribution in [2.45, 2.75) is 18.5 Å². The van der Waals surface area contributed by atoms with E-state index in [1.165, 1.54) is 12.5 Å². The van der Waals surface area contributed by atoms with Gasteiger partial charge in [-0.2, -0.15) is 8.42 Å². The van der Waals surface area contributed by atoms with Gasteiger partial charge in [0.05, 0.1) is 22.7 Å². The zero-order chi connectivity index (χ0) is 15.6. The number of para-hydroxylation sites is 1. The molecule has 0 bridgehead atoms. The third-order valence-corrected chi connectivity index (χ3v) is 4.48. The van der Waals surface area contributed by atoms with Crippen molar-refractivity contribution >= 4 is 33.0 Å². The molecular weight excluding hydrogens is 312 g/mol. The summed E-state index contributed by atoms with van der Waals surface area (Å²) in [5, 5.41) is 0.452. The summed E-state index contributed by atoms with van der Waals surface area (Å²) in [6, 6.07) is 5.06. The quantitative estimate of drug-likeness (QED) is 0.915. The van der Waals surface area contributed by atoms with E-state index in [-0.39, 0.29) is 5.03 Å². The van der Waals surface area contributed by atoms with Crippen LogP contribution in [0.5, 0.6) is 0 Å². The van der Waals surface area contributed by atoms with Crippen LogP contribution in [0.3, 0.4) is 0 Å². The summed E-state index contributed by atoms with van der Waals surface area (Å²) in [6.45, 7) is 2.56. The van der Waals surface area contributed by atoms with Crippen LogP contribution in [-0.4, -0.2) is 32.1 Å². The second-order valence-electron chi connectivity index (χ2n) is 4.68. The lowest BCUT2D eigenvalue weighted by molar-refractivity contribution is 0.598. The molecule has 1 aromatic carbocycles. The number of hydrogen-bond donors (Lipinski definition) is 1. The Balaban J connectivity index is 2.39. The van der Waals surface area contributed by atoms with Crippen molar-refractivity contribution in [2.75, 3.05) is 23.7 Å². The molecule has 0 unspecified atom stereocenters. The van der Waals surface area contributed by atoms with Gasteiger partial charge in [-0.15, -0.1) is 0 Å². The van der Waals surface area contributed by atoms with E-state index in [0.717, 1.165) is 0 Å². The average molecular weight is 329 g/mol. The van der Waals surface area contributed by atoms with Gasteiger partial charge in [0.25, 0.3) is 10.0 Å². The second-order valence-corrected chi connectivity index (χ2v) is 6.71. The minimum atomic E-state index is -3.74. The third kappa shape index (κ3) is 3.30. The standard InChI is InChI=1S/C13H17ClN4O2S/c1-4-18-8-12(15-9-18)21(19,20)16-11-7-5-6-10(14)13(11)17(2)3/h5-9,16H,4H2,1-3H3. The number of halogens is 1. The maximum absolute atomic E-state index is 12.4. The van der Waals surface area contributed by atoms with Gasteiger partial charge in [0.1, 0.15) is 0 Å². The normalized spacial score (nSPS) is 11.4. The number of hydrogen-bond acceptors (Lipinski definition) is 4. The number of rotatable bonds is 5. The number of imidazole rings is 1. The van der Waals surface area contributed by atoms with Crippen molar-refractivity contribution < 1.29 is 8.42 Å². The number of benzene rings is 1. The van der Waals surface area contributed by atoms with E-state index in [1.54, 1.807) is 41.8 Å². The molecule has 0 fully saturated rings. The van der Waals surface area contributed by atoms with Gasteiger partial charge in [0.2, 0.25) is 0 Å². The molecular formula is C13H17ClN4O2S. The first-order valence-corrected chi connectivity index (χ1v) is 8.21. The summed E-state index contributed by atoms with van der Waals surface area (Å²) in [4.78, 5) is 5.67. The highest BCUT2D eigenvalue weighted by molar-refractivity contribution is 7.92. The van der Waals surface area contributed by atoms with Gasteiger partial charge >= 0.3 is 0 Å². The molecule has 8 heteroatoms. The molecule has 0 atom stereocenters. The van der Waals surface area contributed by atoms with Crippen LogP contribution < -0.4 is 9.62 Å². The summed E-state index contributed by atoms with van der Waals surface area (Å²) in [5.41, 5.74) is 1.02. The summed E-state index contributed by atoms with van der Waals surface area (Å²) < 4.78 is 29.0. The molecule has 0 aliphatic rings. The summed E-state index contributed by atoms with van der Waals surface area (Å²) in [5.74, 6) is 0. The lowest BCUT2D eigenvalue weighted by atomic mass is 10.2. The first-order chi connectivity index (χ1) is 9.85. The highest BCUT2D eigenvalue weighted by atomic mass is 35.5. The molecule has 0 radical (unpaired) electrons. The van der Waals surface area contributed by atoms with Crippen LogP contribution in [-0.2, 0) is 16.6 Å². The van der Waals surface area contributed by atoms with Gasteiger partial charge in [0, 0.05) is 26.8 Å². The zero-order valence-electron chi connectivity index (χ0n) is 12.0. The highest BCUT2D eigenvalue weighted by Gasteiger charge is 2.20. The van der Waals surface area contributed by atoms with Crippen LogP contribution in [0.25, 0.3) is 0 Å². The van der Waals surface area contributed by atoms with Crippen LogP contribution in [0.1, 0.15) is 6.92 Å². The van der Waals surface area contributed by atoms with Gasteiger partial charge in [0.15, 0.2) is 5.03 Å². The molecule has 2 aromatic rings. The second kappa shape index (κ2) is 5.95. The van der Waals surface area contributed by atoms with E-state index in [1.807, 2.05) is 6.92 Å². The van der Waals surface area contributed by atoms with Crippen molar-refractivity contribution in [2.24, 2.45) is 0 Å². The van der Waals surface area contributed by atoms with Crippen molar-refractivity contribution in [3.63, 3.8) is 0 Å². The van der Waals surface area contributed by atoms with Gasteiger partial charge < -0.3 is 9.47 Å². The Hall–Kier alpha value is -1.73. The van der Waals surface area contributed by atoms with Gasteiger partial charge in [-0.3, -0.25) is 4.72 Å². The molecule has 6 nitrogen and oxygen atoms in total. The molecule has 0 saturated heterocycles. The number of sulfonamides is 1. The first kappa shape index (κ1) is 15.7. The van der Waals surface area contributed by atoms with Gasteiger partial charge in [-0.25, -0.2) is 4.98 Å². The van der Waals surface area contributed by atoms with Crippen molar-refractivity contribution in [1.82, 2.24) is 9.55 Å². The monoisotopic (exact) mass is 328 g/mol. The zero-order valence-corrected chi connectivity index (χ0v) is 13.6. The van der Waals surface area contributed by atoms with Crippen LogP contribution >= 0.6 is 11.6 Å². The maximum Gasteiger partial charge on any atom is 0.281 e. The molecule has 2 rings (SSSR count). The maximum atomic E-state index is 12.4. The fourth-order valence-electron chi connectivity index (χ4n) is 1.90. The lowest BCUT2D eigenvalue weighted by Crippen LogP contribution is -2.17. The van der Waals surface area contributed by atoms with E-state index >= 15 is 0 Å². The molecule has 0 spiro atoms. The number of anilines is 2. The average Bonchev–Trinajstić information content (AvgIpc) is 2.87. The summed E-state index contributed by atoms with van der Waals surface area (Å²) in [6.07, 6.45) is 2.97. The van der Waals surface area contributed by atoms with E-state index < -0.39 is 10.0 Å². The molecule has 0 amide bonds. The predicted octanol–water partition coefficient (Wildman–Crippen LogP) is 2.42. The van der Waals surface area contributed by atoms with E-state index in [2.05, 4.69) is 9.71 Å². The molecule has 0 saturated carbocycles. The smallest absolute Gasteiger partial charge is 0.281 e. The molecule has 0 aliphatic heterocycles. The Bertz CT molecular complexity index is 740. The number of nitrogens with one attached hydrogen (secondary N) is 1. The van der Waals surface area contributed by atoms with E-state index in [4.69, 9.17) is 11.6 Å². The lowest BCUT2D eigenvalue weighted by Gasteiger charge is -2.19. The van der Waals surface area contributed by atoms with Crippen LogP contribution in [0, 0.1) is 0 Å². The number of aromatic nitrogens is 2. The van der Waals surface area contributed by atoms with Crippen LogP contribution in [0.4, 0.5) is 11.4 Å². The van der Waals surface area contributed by atoms with Crippen molar-refractivity contribution in [3.8, 4) is 0 Å². The largest absolute Gasteiger partial charge is 0.375 e. The topological polar surface area (TPSA) is 67.2 Å². The van der Waals surface area contributed by atoms with Crippen molar-refractivity contribution in [3.05, 3.63) is 35.7 Å². The molecule has 21 heavy (non-hydrogen) atoms. The Labute approximate surface area is 129 Å². The Morgan fingerprint density at radius 1 is 1.38 bits per heavy atom. The molecule has 0 aliphatic carbocycles. The Kier molecular flexibility index (Phi) is 4.43. The van der Waals surface area contributed by atoms with E-state index in [0.29, 0.717) is 22.9 Å². The first-order valence-electron chi connectivity index (χ1n) is 6.35. The Morgan fingerprint density at radius 3 is 2.67 bits per heavy atom. The van der Waals surface area contributed by atoms with Gasteiger partial charge in [-0.05, 0) is 19.1 Å². The van der Waals surface area contributed by atoms with Crippen molar-refractivity contribution in [1.29, 1.82) is 0 Å². The van der Waals surface area contributed by atoms with E-state index in [9.17, 15) is 8.42 Å². The van der Waals surface area contributed by atoms with Crippen LogP contribution in [0.2, 0.25) is 5.02 Å². The fraction of sp³-hybridized carbons (Fsp3) is 0.308. The van der Waals surface area contributed by atoms with Crippen LogP contribution in [0.15, 0.2) is 35.7 Å². The Morgan fingerprint density at radius 2 is 2.10 bits per heavy atom. The fourth-order valence-corrected chi connectivity index (χ4v) is 3.26. The third-order valence-electron chi connectivity index (χ3n) is 2.93. The summed E-state index contributed by atoms with van der Waals surface area (Å²) in [7, 11) is -0.150. The number of aryl methyl sites for hydroxylation is 1. The van der Waals surface area contributed by atoms with Gasteiger partial charge in [-0.1, -0.05) is 17.7 Å². The summed E-state index contributed by atoms with van der Waals surface area (Å²) >= 11 is 6.13. The highest BCUT2D eigenvalue weighted by Crippen LogP contribution is 2.33. The molecule has 1 N–H and O–H groups in total. The number of nitrogens with zero attached hydrogens (tertiary/aromatic N) is 3. The minimum Gasteiger partial charge on any atom is -0.375 e. The predicted molar refractivity (Wildman–Crippen MR) is 84.5 cm³/mol. The SMILES string of the molecule is CCn1cnc(S(=O)(=O)Nc2cccc(Cl)c2N(C)C)c1. The molecule has 114 valence electrons.